The molecule has 1 amide bonds. The standard InChI is InChI=1S/C27H20Cl2F3NO5/c1-13-7-4-5-10-16(13)21-19(22(34)17-12-18(28)25(38-3)20(29)24(17)37-2)23(35)26(36)33(21)15-9-6-8-14(11-15)27(30,31)32/h4-12,21,34H,1-3H3/b22-19+. The number of carbonyl (C=O) groups excluding carboxylic acids is 2. The maximum atomic E-state index is 13.5. The van der Waals surface area contributed by atoms with Crippen molar-refractivity contribution in [3.63, 3.8) is 0 Å². The number of aryl methyl sites for hydroxylation is 1. The van der Waals surface area contributed by atoms with E-state index < -0.39 is 35.2 Å². The molecule has 3 aromatic rings. The number of hydrogen-bond donors (Lipinski definition) is 1. The zero-order valence-electron chi connectivity index (χ0n) is 20.2. The van der Waals surface area contributed by atoms with Gasteiger partial charge in [-0.15, -0.1) is 0 Å². The molecule has 0 saturated carbocycles. The first-order valence-corrected chi connectivity index (χ1v) is 11.8. The van der Waals surface area contributed by atoms with Gasteiger partial charge in [-0.05, 0) is 42.3 Å². The SMILES string of the molecule is COc1c(Cl)cc(/C(O)=C2\C(=O)C(=O)N(c3cccc(C(F)(F)F)c3)C2c2ccccc2C)c(OC)c1Cl. The Balaban J connectivity index is 2.04. The van der Waals surface area contributed by atoms with Gasteiger partial charge in [-0.1, -0.05) is 53.5 Å². The number of hydrogen-bond acceptors (Lipinski definition) is 5. The van der Waals surface area contributed by atoms with E-state index in [1.165, 1.54) is 26.4 Å². The lowest BCUT2D eigenvalue weighted by Crippen LogP contribution is -2.30. The van der Waals surface area contributed by atoms with Crippen LogP contribution in [0.2, 0.25) is 10.0 Å². The second-order valence-corrected chi connectivity index (χ2v) is 9.15. The van der Waals surface area contributed by atoms with Crippen LogP contribution in [-0.2, 0) is 15.8 Å². The van der Waals surface area contributed by atoms with E-state index in [1.54, 1.807) is 31.2 Å². The van der Waals surface area contributed by atoms with Crippen LogP contribution in [0.1, 0.15) is 28.3 Å². The summed E-state index contributed by atoms with van der Waals surface area (Å²) in [7, 11) is 2.59. The van der Waals surface area contributed by atoms with Gasteiger partial charge >= 0.3 is 6.18 Å². The first-order valence-electron chi connectivity index (χ1n) is 11.1. The molecule has 1 aliphatic rings. The van der Waals surface area contributed by atoms with Crippen molar-refractivity contribution in [3.05, 3.63) is 92.5 Å². The molecular weight excluding hydrogens is 546 g/mol. The number of ketones is 1. The van der Waals surface area contributed by atoms with Crippen LogP contribution >= 0.6 is 23.2 Å². The molecule has 0 aromatic heterocycles. The number of rotatable bonds is 5. The Kier molecular flexibility index (Phi) is 7.36. The molecule has 0 spiro atoms. The summed E-state index contributed by atoms with van der Waals surface area (Å²) in [6.07, 6.45) is -4.69. The van der Waals surface area contributed by atoms with Crippen molar-refractivity contribution < 1.29 is 37.3 Å². The summed E-state index contributed by atoms with van der Waals surface area (Å²) in [4.78, 5) is 27.7. The lowest BCUT2D eigenvalue weighted by Gasteiger charge is -2.27. The van der Waals surface area contributed by atoms with Gasteiger partial charge in [-0.25, -0.2) is 0 Å². The monoisotopic (exact) mass is 565 g/mol. The molecule has 1 heterocycles. The molecule has 3 aromatic carbocycles. The fourth-order valence-electron chi connectivity index (χ4n) is 4.41. The van der Waals surface area contributed by atoms with Crippen LogP contribution in [0.4, 0.5) is 18.9 Å². The summed E-state index contributed by atoms with van der Waals surface area (Å²) in [6, 6.07) is 10.7. The van der Waals surface area contributed by atoms with Crippen molar-refractivity contribution in [1.29, 1.82) is 0 Å². The Bertz CT molecular complexity index is 1490. The third-order valence-corrected chi connectivity index (χ3v) is 6.80. The Morgan fingerprint density at radius 1 is 0.974 bits per heavy atom. The molecule has 6 nitrogen and oxygen atoms in total. The normalized spacial score (nSPS) is 17.2. The van der Waals surface area contributed by atoms with E-state index in [9.17, 15) is 27.9 Å². The van der Waals surface area contributed by atoms with Crippen LogP contribution in [0, 0.1) is 6.92 Å². The van der Waals surface area contributed by atoms with Gasteiger partial charge < -0.3 is 14.6 Å². The van der Waals surface area contributed by atoms with Gasteiger partial charge in [0, 0.05) is 5.69 Å². The highest BCUT2D eigenvalue weighted by molar-refractivity contribution is 6.52. The number of benzene rings is 3. The van der Waals surface area contributed by atoms with Crippen LogP contribution in [0.15, 0.2) is 60.2 Å². The molecule has 1 atom stereocenters. The number of carbonyl (C=O) groups is 2. The first kappa shape index (κ1) is 27.3. The lowest BCUT2D eigenvalue weighted by molar-refractivity contribution is -0.137. The minimum atomic E-state index is -4.69. The number of aliphatic hydroxyl groups excluding tert-OH is 1. The molecule has 1 unspecified atom stereocenters. The number of halogens is 5. The predicted octanol–water partition coefficient (Wildman–Crippen LogP) is 6.96. The molecule has 0 aliphatic carbocycles. The number of alkyl halides is 3. The third kappa shape index (κ3) is 4.56. The van der Waals surface area contributed by atoms with E-state index in [0.717, 1.165) is 23.1 Å². The third-order valence-electron chi connectivity index (χ3n) is 6.17. The highest BCUT2D eigenvalue weighted by Crippen LogP contribution is 2.48. The molecule has 198 valence electrons. The van der Waals surface area contributed by atoms with Gasteiger partial charge in [0.1, 0.15) is 10.8 Å². The van der Waals surface area contributed by atoms with E-state index in [-0.39, 0.29) is 38.4 Å². The Morgan fingerprint density at radius 3 is 2.24 bits per heavy atom. The van der Waals surface area contributed by atoms with Crippen LogP contribution < -0.4 is 14.4 Å². The van der Waals surface area contributed by atoms with Crippen molar-refractivity contribution in [2.45, 2.75) is 19.1 Å². The minimum Gasteiger partial charge on any atom is -0.507 e. The van der Waals surface area contributed by atoms with Crippen LogP contribution in [0.25, 0.3) is 5.76 Å². The zero-order valence-corrected chi connectivity index (χ0v) is 21.7. The van der Waals surface area contributed by atoms with E-state index >= 15 is 0 Å². The summed E-state index contributed by atoms with van der Waals surface area (Å²) in [6.45, 7) is 1.71. The zero-order chi connectivity index (χ0) is 27.9. The highest BCUT2D eigenvalue weighted by atomic mass is 35.5. The van der Waals surface area contributed by atoms with Gasteiger partial charge in [-0.2, -0.15) is 13.2 Å². The number of methoxy groups -OCH3 is 2. The fourth-order valence-corrected chi connectivity index (χ4v) is 5.10. The van der Waals surface area contributed by atoms with Crippen molar-refractivity contribution in [2.24, 2.45) is 0 Å². The number of ether oxygens (including phenoxy) is 2. The molecule has 1 saturated heterocycles. The maximum absolute atomic E-state index is 13.5. The predicted molar refractivity (Wildman–Crippen MR) is 137 cm³/mol. The summed E-state index contributed by atoms with van der Waals surface area (Å²) >= 11 is 12.6. The van der Waals surface area contributed by atoms with Gasteiger partial charge in [0.25, 0.3) is 11.7 Å². The van der Waals surface area contributed by atoms with E-state index in [1.807, 2.05) is 0 Å². The average molecular weight is 566 g/mol. The molecule has 1 N–H and O–H groups in total. The number of amides is 1. The average Bonchev–Trinajstić information content (AvgIpc) is 3.13. The molecule has 0 bridgehead atoms. The minimum absolute atomic E-state index is 0.0144. The van der Waals surface area contributed by atoms with E-state index in [2.05, 4.69) is 0 Å². The van der Waals surface area contributed by atoms with Crippen molar-refractivity contribution in [3.8, 4) is 11.5 Å². The van der Waals surface area contributed by atoms with Crippen molar-refractivity contribution in [1.82, 2.24) is 0 Å². The fraction of sp³-hybridized carbons (Fsp3) is 0.185. The Hall–Kier alpha value is -3.69. The van der Waals surface area contributed by atoms with Gasteiger partial charge in [0.05, 0.1) is 42.0 Å². The molecule has 38 heavy (non-hydrogen) atoms. The second-order valence-electron chi connectivity index (χ2n) is 8.36. The molecule has 0 radical (unpaired) electrons. The van der Waals surface area contributed by atoms with E-state index in [4.69, 9.17) is 32.7 Å². The maximum Gasteiger partial charge on any atom is 0.416 e. The molecular formula is C27H20Cl2F3NO5. The highest BCUT2D eigenvalue weighted by Gasteiger charge is 2.48. The van der Waals surface area contributed by atoms with Crippen molar-refractivity contribution in [2.75, 3.05) is 19.1 Å². The van der Waals surface area contributed by atoms with Crippen LogP contribution in [0.5, 0.6) is 11.5 Å². The second kappa shape index (κ2) is 10.2. The Morgan fingerprint density at radius 2 is 1.63 bits per heavy atom. The molecule has 11 heteroatoms. The van der Waals surface area contributed by atoms with Gasteiger partial charge in [-0.3, -0.25) is 14.5 Å². The van der Waals surface area contributed by atoms with Crippen molar-refractivity contribution >= 4 is 46.3 Å². The topological polar surface area (TPSA) is 76.1 Å². The summed E-state index contributed by atoms with van der Waals surface area (Å²) in [5.74, 6) is -2.93. The number of anilines is 1. The summed E-state index contributed by atoms with van der Waals surface area (Å²) in [5, 5.41) is 11.4. The van der Waals surface area contributed by atoms with Gasteiger partial charge in [0.15, 0.2) is 11.5 Å². The number of aliphatic hydroxyl groups is 1. The Labute approximate surface area is 225 Å². The van der Waals surface area contributed by atoms with Crippen LogP contribution in [-0.4, -0.2) is 31.0 Å². The molecule has 4 rings (SSSR count). The number of Topliss-reactive ketones (excluding diaryl/α,β-unsaturated/α-hetero) is 1. The largest absolute Gasteiger partial charge is 0.507 e. The van der Waals surface area contributed by atoms with Gasteiger partial charge in [0.2, 0.25) is 0 Å². The quantitative estimate of drug-likeness (QED) is 0.205. The molecule has 1 aliphatic heterocycles. The van der Waals surface area contributed by atoms with E-state index in [0.29, 0.717) is 11.1 Å². The van der Waals surface area contributed by atoms with Crippen LogP contribution in [0.3, 0.4) is 0 Å². The summed E-state index contributed by atoms with van der Waals surface area (Å²) < 4.78 is 51.0. The number of nitrogens with zero attached hydrogens (tertiary/aromatic N) is 1. The smallest absolute Gasteiger partial charge is 0.416 e. The molecule has 1 fully saturated rings. The lowest BCUT2D eigenvalue weighted by atomic mass is 9.92. The first-order chi connectivity index (χ1) is 17.9. The summed E-state index contributed by atoms with van der Waals surface area (Å²) in [5.41, 5.74) is -0.626.